The first-order chi connectivity index (χ1) is 13.7. The second kappa shape index (κ2) is 10.3. The Bertz CT molecular complexity index is 733. The van der Waals surface area contributed by atoms with Crippen LogP contribution in [0, 0.1) is 5.92 Å². The van der Waals surface area contributed by atoms with E-state index in [1.807, 2.05) is 38.1 Å². The summed E-state index contributed by atoms with van der Waals surface area (Å²) in [6.07, 6.45) is -0.395. The molecular formula is C22H33N3O4. The molecule has 0 spiro atoms. The van der Waals surface area contributed by atoms with Crippen molar-refractivity contribution in [1.82, 2.24) is 15.5 Å². The van der Waals surface area contributed by atoms with Gasteiger partial charge in [-0.2, -0.15) is 0 Å². The quantitative estimate of drug-likeness (QED) is 0.618. The molecule has 1 heterocycles. The number of benzene rings is 1. The molecule has 2 atom stereocenters. The van der Waals surface area contributed by atoms with E-state index in [1.54, 1.807) is 11.8 Å². The van der Waals surface area contributed by atoms with Gasteiger partial charge in [0.1, 0.15) is 5.75 Å². The molecule has 7 heteroatoms. The van der Waals surface area contributed by atoms with Crippen molar-refractivity contribution in [3.05, 3.63) is 29.8 Å². The summed E-state index contributed by atoms with van der Waals surface area (Å²) in [5, 5.41) is 5.58. The summed E-state index contributed by atoms with van der Waals surface area (Å²) in [4.78, 5) is 38.2. The van der Waals surface area contributed by atoms with Gasteiger partial charge in [0.2, 0.25) is 11.8 Å². The molecule has 0 bridgehead atoms. The zero-order valence-electron chi connectivity index (χ0n) is 18.0. The minimum absolute atomic E-state index is 0.0149. The van der Waals surface area contributed by atoms with Crippen LogP contribution in [0.1, 0.15) is 52.5 Å². The van der Waals surface area contributed by atoms with E-state index in [4.69, 9.17) is 4.74 Å². The Morgan fingerprint density at radius 2 is 1.76 bits per heavy atom. The number of carbonyl (C=O) groups is 3. The Balaban J connectivity index is 1.73. The Morgan fingerprint density at radius 1 is 1.10 bits per heavy atom. The second-order valence-corrected chi connectivity index (χ2v) is 8.08. The zero-order valence-corrected chi connectivity index (χ0v) is 18.0. The highest BCUT2D eigenvalue weighted by atomic mass is 16.5. The molecule has 0 radical (unpaired) electrons. The Kier molecular flexibility index (Phi) is 8.05. The van der Waals surface area contributed by atoms with Gasteiger partial charge in [0.25, 0.3) is 5.91 Å². The van der Waals surface area contributed by atoms with Crippen LogP contribution in [0.5, 0.6) is 5.75 Å². The van der Waals surface area contributed by atoms with Crippen LogP contribution in [0.3, 0.4) is 0 Å². The maximum Gasteiger partial charge on any atom is 0.260 e. The van der Waals surface area contributed by atoms with E-state index in [9.17, 15) is 14.4 Å². The lowest BCUT2D eigenvalue weighted by Crippen LogP contribution is -2.42. The number of nitrogens with one attached hydrogen (secondary N) is 2. The third-order valence-electron chi connectivity index (χ3n) is 5.09. The van der Waals surface area contributed by atoms with Crippen molar-refractivity contribution in [3.8, 4) is 5.75 Å². The molecular weight excluding hydrogens is 370 g/mol. The molecule has 0 aromatic heterocycles. The predicted octanol–water partition coefficient (Wildman–Crippen LogP) is 2.07. The number of hydrogen-bond acceptors (Lipinski definition) is 4. The van der Waals surface area contributed by atoms with Gasteiger partial charge in [-0.25, -0.2) is 0 Å². The summed E-state index contributed by atoms with van der Waals surface area (Å²) < 4.78 is 5.83. The van der Waals surface area contributed by atoms with Gasteiger partial charge < -0.3 is 20.3 Å². The van der Waals surface area contributed by atoms with Gasteiger partial charge in [0, 0.05) is 32.1 Å². The van der Waals surface area contributed by atoms with E-state index in [2.05, 4.69) is 24.5 Å². The monoisotopic (exact) mass is 403 g/mol. The van der Waals surface area contributed by atoms with Crippen molar-refractivity contribution >= 4 is 17.7 Å². The summed E-state index contributed by atoms with van der Waals surface area (Å²) in [5.74, 6) is 0.312. The molecule has 2 N–H and O–H groups in total. The summed E-state index contributed by atoms with van der Waals surface area (Å²) in [6, 6.07) is 7.79. The van der Waals surface area contributed by atoms with E-state index in [1.165, 1.54) is 0 Å². The summed E-state index contributed by atoms with van der Waals surface area (Å²) in [5.41, 5.74) is 1.06. The fourth-order valence-electron chi connectivity index (χ4n) is 3.37. The van der Waals surface area contributed by atoms with E-state index < -0.39 is 6.10 Å². The van der Waals surface area contributed by atoms with Crippen molar-refractivity contribution in [2.75, 3.05) is 19.6 Å². The van der Waals surface area contributed by atoms with Crippen molar-refractivity contribution in [3.63, 3.8) is 0 Å². The first-order valence-corrected chi connectivity index (χ1v) is 10.3. The van der Waals surface area contributed by atoms with Gasteiger partial charge in [0.05, 0.1) is 5.92 Å². The molecule has 0 saturated carbocycles. The van der Waals surface area contributed by atoms with E-state index in [0.29, 0.717) is 31.3 Å². The normalized spacial score (nSPS) is 17.6. The van der Waals surface area contributed by atoms with Crippen LogP contribution in [0.25, 0.3) is 0 Å². The average molecular weight is 404 g/mol. The number of nitrogens with zero attached hydrogens (tertiary/aromatic N) is 1. The van der Waals surface area contributed by atoms with Crippen LogP contribution in [-0.2, 0) is 14.4 Å². The van der Waals surface area contributed by atoms with E-state index in [0.717, 1.165) is 5.56 Å². The second-order valence-electron chi connectivity index (χ2n) is 8.08. The highest BCUT2D eigenvalue weighted by Crippen LogP contribution is 2.26. The number of hydrogen-bond donors (Lipinski definition) is 2. The fraction of sp³-hybridized carbons (Fsp3) is 0.591. The van der Waals surface area contributed by atoms with Gasteiger partial charge in [-0.1, -0.05) is 32.0 Å². The summed E-state index contributed by atoms with van der Waals surface area (Å²) >= 11 is 0. The van der Waals surface area contributed by atoms with Gasteiger partial charge in [-0.05, 0) is 38.3 Å². The lowest BCUT2D eigenvalue weighted by Gasteiger charge is -2.20. The third-order valence-corrected chi connectivity index (χ3v) is 5.09. The van der Waals surface area contributed by atoms with Gasteiger partial charge >= 0.3 is 0 Å². The lowest BCUT2D eigenvalue weighted by atomic mass is 10.0. The highest BCUT2D eigenvalue weighted by Gasteiger charge is 2.35. The van der Waals surface area contributed by atoms with Gasteiger partial charge in [-0.15, -0.1) is 0 Å². The smallest absolute Gasteiger partial charge is 0.260 e. The molecule has 1 saturated heterocycles. The minimum Gasteiger partial charge on any atom is -0.481 e. The van der Waals surface area contributed by atoms with Crippen molar-refractivity contribution in [1.29, 1.82) is 0 Å². The SMILES string of the molecule is CC(Oc1ccccc1C(C)C)C(=O)NCCNC(=O)C1CC(=O)N(C(C)C)C1. The summed E-state index contributed by atoms with van der Waals surface area (Å²) in [7, 11) is 0. The topological polar surface area (TPSA) is 87.7 Å². The van der Waals surface area contributed by atoms with E-state index >= 15 is 0 Å². The molecule has 1 aromatic rings. The molecule has 1 aliphatic rings. The predicted molar refractivity (Wildman–Crippen MR) is 112 cm³/mol. The largest absolute Gasteiger partial charge is 0.481 e. The Labute approximate surface area is 173 Å². The first kappa shape index (κ1) is 22.7. The number of amides is 3. The van der Waals surface area contributed by atoms with Crippen molar-refractivity contribution < 1.29 is 19.1 Å². The first-order valence-electron chi connectivity index (χ1n) is 10.3. The molecule has 3 amide bonds. The number of ether oxygens (including phenoxy) is 1. The molecule has 2 rings (SSSR count). The highest BCUT2D eigenvalue weighted by molar-refractivity contribution is 5.89. The van der Waals surface area contributed by atoms with Crippen LogP contribution < -0.4 is 15.4 Å². The minimum atomic E-state index is -0.641. The number of rotatable bonds is 9. The maximum absolute atomic E-state index is 12.3. The zero-order chi connectivity index (χ0) is 21.6. The van der Waals surface area contributed by atoms with Crippen molar-refractivity contribution in [2.24, 2.45) is 5.92 Å². The maximum atomic E-state index is 12.3. The Hall–Kier alpha value is -2.57. The van der Waals surface area contributed by atoms with Crippen LogP contribution in [-0.4, -0.2) is 54.4 Å². The fourth-order valence-corrected chi connectivity index (χ4v) is 3.37. The van der Waals surface area contributed by atoms with Crippen LogP contribution >= 0.6 is 0 Å². The van der Waals surface area contributed by atoms with Crippen LogP contribution in [0.15, 0.2) is 24.3 Å². The van der Waals surface area contributed by atoms with Gasteiger partial charge in [0.15, 0.2) is 6.10 Å². The number of para-hydroxylation sites is 1. The standard InChI is InChI=1S/C22H33N3O4/c1-14(2)18-8-6-7-9-19(18)29-16(5)21(27)23-10-11-24-22(28)17-12-20(26)25(13-17)15(3)4/h6-9,14-17H,10-13H2,1-5H3,(H,23,27)(H,24,28). The average Bonchev–Trinajstić information content (AvgIpc) is 3.07. The molecule has 0 aliphatic carbocycles. The molecule has 2 unspecified atom stereocenters. The lowest BCUT2D eigenvalue weighted by molar-refractivity contribution is -0.129. The number of likely N-dealkylation sites (tertiary alicyclic amines) is 1. The van der Waals surface area contributed by atoms with Crippen LogP contribution in [0.4, 0.5) is 0 Å². The summed E-state index contributed by atoms with van der Waals surface area (Å²) in [6.45, 7) is 10.8. The molecule has 1 fully saturated rings. The number of carbonyl (C=O) groups excluding carboxylic acids is 3. The van der Waals surface area contributed by atoms with E-state index in [-0.39, 0.29) is 36.1 Å². The van der Waals surface area contributed by atoms with Crippen molar-refractivity contribution in [2.45, 2.75) is 59.1 Å². The van der Waals surface area contributed by atoms with Gasteiger partial charge in [-0.3, -0.25) is 14.4 Å². The Morgan fingerprint density at radius 3 is 2.38 bits per heavy atom. The third kappa shape index (κ3) is 6.21. The molecule has 160 valence electrons. The molecule has 7 nitrogen and oxygen atoms in total. The molecule has 1 aromatic carbocycles. The molecule has 1 aliphatic heterocycles. The van der Waals surface area contributed by atoms with Crippen LogP contribution in [0.2, 0.25) is 0 Å². The molecule has 29 heavy (non-hydrogen) atoms.